The molecule has 0 heterocycles. The van der Waals surface area contributed by atoms with Crippen molar-refractivity contribution in [1.29, 1.82) is 0 Å². The fraction of sp³-hybridized carbons (Fsp3) is 0.632. The predicted octanol–water partition coefficient (Wildman–Crippen LogP) is 5.88. The van der Waals surface area contributed by atoms with Crippen molar-refractivity contribution in [2.45, 2.75) is 52.5 Å². The summed E-state index contributed by atoms with van der Waals surface area (Å²) in [5.74, 6) is 0. The molecule has 1 N–H and O–H groups in total. The van der Waals surface area contributed by atoms with Gasteiger partial charge in [0.1, 0.15) is 0 Å². The first-order valence-electron chi connectivity index (χ1n) is 9.16. The van der Waals surface area contributed by atoms with Gasteiger partial charge < -0.3 is 10.1 Å². The van der Waals surface area contributed by atoms with Crippen molar-refractivity contribution in [1.82, 2.24) is 10.2 Å². The van der Waals surface area contributed by atoms with Gasteiger partial charge in [-0.05, 0) is 37.2 Å². The van der Waals surface area contributed by atoms with Gasteiger partial charge in [0.2, 0.25) is 0 Å². The predicted molar refractivity (Wildman–Crippen MR) is 98.5 cm³/mol. The molecular formula is C19H28F6N2O2. The summed E-state index contributed by atoms with van der Waals surface area (Å²) in [7, 11) is 1.18. The number of likely N-dealkylation sites (N-methyl/N-ethyl adjacent to an activating group) is 1. The molecule has 10 heteroatoms. The van der Waals surface area contributed by atoms with Crippen LogP contribution >= 0.6 is 0 Å². The molecule has 0 aliphatic carbocycles. The second-order valence-corrected chi connectivity index (χ2v) is 6.27. The highest BCUT2D eigenvalue weighted by molar-refractivity contribution is 5.66. The average molecular weight is 430 g/mol. The van der Waals surface area contributed by atoms with E-state index in [-0.39, 0.29) is 24.7 Å². The molecule has 0 radical (unpaired) electrons. The number of nitrogens with zero attached hydrogens (tertiary/aromatic N) is 1. The molecule has 1 atom stereocenters. The van der Waals surface area contributed by atoms with Crippen molar-refractivity contribution in [2.24, 2.45) is 0 Å². The van der Waals surface area contributed by atoms with Gasteiger partial charge in [0, 0.05) is 19.1 Å². The van der Waals surface area contributed by atoms with Crippen LogP contribution in [0.5, 0.6) is 0 Å². The highest BCUT2D eigenvalue weighted by Gasteiger charge is 2.37. The van der Waals surface area contributed by atoms with E-state index in [0.29, 0.717) is 6.54 Å². The molecule has 0 saturated carbocycles. The summed E-state index contributed by atoms with van der Waals surface area (Å²) < 4.78 is 82.2. The number of carbonyl (C=O) groups excluding carboxylic acids is 1. The van der Waals surface area contributed by atoms with E-state index >= 15 is 0 Å². The average Bonchev–Trinajstić information content (AvgIpc) is 2.63. The number of methoxy groups -OCH3 is 1. The topological polar surface area (TPSA) is 41.6 Å². The number of alkyl halides is 6. The van der Waals surface area contributed by atoms with Gasteiger partial charge in [0.25, 0.3) is 0 Å². The molecular weight excluding hydrogens is 402 g/mol. The number of nitrogens with one attached hydrogen (secondary N) is 1. The molecule has 1 aromatic carbocycles. The molecule has 0 fully saturated rings. The lowest BCUT2D eigenvalue weighted by atomic mass is 9.99. The fourth-order valence-electron chi connectivity index (χ4n) is 2.43. The van der Waals surface area contributed by atoms with Crippen molar-refractivity contribution in [3.8, 4) is 0 Å². The molecule has 0 bridgehead atoms. The Labute approximate surface area is 167 Å². The monoisotopic (exact) mass is 430 g/mol. The van der Waals surface area contributed by atoms with Gasteiger partial charge in [0.15, 0.2) is 0 Å². The maximum atomic E-state index is 13.0. The molecule has 1 aromatic rings. The molecule has 0 aliphatic rings. The first kappa shape index (κ1) is 27.0. The van der Waals surface area contributed by atoms with Gasteiger partial charge in [-0.3, -0.25) is 4.90 Å². The number of benzene rings is 1. The molecule has 0 spiro atoms. The first-order valence-corrected chi connectivity index (χ1v) is 9.16. The van der Waals surface area contributed by atoms with Gasteiger partial charge in [-0.1, -0.05) is 27.2 Å². The van der Waals surface area contributed by atoms with Crippen molar-refractivity contribution >= 4 is 6.09 Å². The largest absolute Gasteiger partial charge is 0.453 e. The molecule has 0 aliphatic heterocycles. The summed E-state index contributed by atoms with van der Waals surface area (Å²) >= 11 is 0. The molecule has 0 unspecified atom stereocenters. The Morgan fingerprint density at radius 2 is 1.48 bits per heavy atom. The van der Waals surface area contributed by atoms with Crippen molar-refractivity contribution in [3.05, 3.63) is 34.9 Å². The van der Waals surface area contributed by atoms with E-state index < -0.39 is 35.6 Å². The Kier molecular flexibility index (Phi) is 11.1. The fourth-order valence-corrected chi connectivity index (χ4v) is 2.43. The van der Waals surface area contributed by atoms with Crippen LogP contribution in [-0.2, 0) is 17.1 Å². The van der Waals surface area contributed by atoms with Crippen LogP contribution in [-0.4, -0.2) is 37.7 Å². The third-order valence-electron chi connectivity index (χ3n) is 3.90. The highest BCUT2D eigenvalue weighted by atomic mass is 19.4. The van der Waals surface area contributed by atoms with E-state index in [1.165, 1.54) is 20.5 Å². The van der Waals surface area contributed by atoms with Crippen LogP contribution in [0, 0.1) is 0 Å². The molecule has 1 amide bonds. The summed E-state index contributed by atoms with van der Waals surface area (Å²) in [6.07, 6.45) is -9.20. The third kappa shape index (κ3) is 9.38. The Balaban J connectivity index is 0.00000245. The lowest BCUT2D eigenvalue weighted by Gasteiger charge is -2.29. The van der Waals surface area contributed by atoms with E-state index in [1.54, 1.807) is 11.8 Å². The number of hydrogen-bond acceptors (Lipinski definition) is 3. The SMILES string of the molecule is CCC.CCN(CCNC(=O)OC)[C@@H](C)c1cc(C(F)(F)F)cc(C(F)(F)F)c1. The smallest absolute Gasteiger partial charge is 0.416 e. The van der Waals surface area contributed by atoms with Crippen LogP contribution in [0.1, 0.15) is 56.8 Å². The van der Waals surface area contributed by atoms with E-state index in [1.807, 2.05) is 0 Å². The highest BCUT2D eigenvalue weighted by Crippen LogP contribution is 2.38. The van der Waals surface area contributed by atoms with Crippen LogP contribution in [0.2, 0.25) is 0 Å². The quantitative estimate of drug-likeness (QED) is 0.573. The first-order chi connectivity index (χ1) is 13.3. The number of alkyl carbamates (subject to hydrolysis) is 1. The molecule has 1 rings (SSSR count). The Hall–Kier alpha value is -1.97. The number of halogens is 6. The molecule has 168 valence electrons. The minimum atomic E-state index is -4.89. The van der Waals surface area contributed by atoms with E-state index in [9.17, 15) is 31.1 Å². The summed E-state index contributed by atoms with van der Waals surface area (Å²) in [5.41, 5.74) is -2.80. The van der Waals surface area contributed by atoms with Crippen LogP contribution in [0.4, 0.5) is 31.1 Å². The molecule has 29 heavy (non-hydrogen) atoms. The molecule has 0 aromatic heterocycles. The van der Waals surface area contributed by atoms with E-state index in [4.69, 9.17) is 0 Å². The van der Waals surface area contributed by atoms with Gasteiger partial charge in [-0.25, -0.2) is 4.79 Å². The standard InChI is InChI=1S/C16H20F6N2O2.C3H8/c1-4-24(6-5-23-14(25)26-3)10(2)11-7-12(15(17,18)19)9-13(8-11)16(20,21)22;1-3-2/h7-10H,4-6H2,1-3H3,(H,23,25);3H2,1-2H3/t10-;/m0./s1. The van der Waals surface area contributed by atoms with Crippen LogP contribution in [0.15, 0.2) is 18.2 Å². The second kappa shape index (κ2) is 11.9. The number of rotatable bonds is 6. The van der Waals surface area contributed by atoms with Crippen molar-refractivity contribution in [3.63, 3.8) is 0 Å². The van der Waals surface area contributed by atoms with E-state index in [2.05, 4.69) is 23.9 Å². The third-order valence-corrected chi connectivity index (χ3v) is 3.90. The zero-order chi connectivity index (χ0) is 22.8. The lowest BCUT2D eigenvalue weighted by Crippen LogP contribution is -2.36. The minimum absolute atomic E-state index is 0.102. The van der Waals surface area contributed by atoms with Crippen molar-refractivity contribution in [2.75, 3.05) is 26.7 Å². The molecule has 4 nitrogen and oxygen atoms in total. The zero-order valence-electron chi connectivity index (χ0n) is 17.2. The maximum absolute atomic E-state index is 13.0. The number of ether oxygens (including phenoxy) is 1. The van der Waals surface area contributed by atoms with Gasteiger partial charge in [-0.15, -0.1) is 0 Å². The van der Waals surface area contributed by atoms with Crippen LogP contribution < -0.4 is 5.32 Å². The normalized spacial score (nSPS) is 12.8. The number of hydrogen-bond donors (Lipinski definition) is 1. The Morgan fingerprint density at radius 3 is 1.83 bits per heavy atom. The summed E-state index contributed by atoms with van der Waals surface area (Å²) in [6, 6.07) is 0.820. The van der Waals surface area contributed by atoms with Crippen LogP contribution in [0.3, 0.4) is 0 Å². The number of amides is 1. The number of carbonyl (C=O) groups is 1. The maximum Gasteiger partial charge on any atom is 0.416 e. The summed E-state index contributed by atoms with van der Waals surface area (Å²) in [6.45, 7) is 8.20. The van der Waals surface area contributed by atoms with Crippen LogP contribution in [0.25, 0.3) is 0 Å². The van der Waals surface area contributed by atoms with E-state index in [0.717, 1.165) is 12.1 Å². The Morgan fingerprint density at radius 1 is 1.03 bits per heavy atom. The lowest BCUT2D eigenvalue weighted by molar-refractivity contribution is -0.143. The summed E-state index contributed by atoms with van der Waals surface area (Å²) in [5, 5.41) is 2.41. The Bertz CT molecular complexity index is 600. The molecule has 0 saturated heterocycles. The minimum Gasteiger partial charge on any atom is -0.453 e. The van der Waals surface area contributed by atoms with Gasteiger partial charge >= 0.3 is 18.4 Å². The van der Waals surface area contributed by atoms with Gasteiger partial charge in [-0.2, -0.15) is 26.3 Å². The summed E-state index contributed by atoms with van der Waals surface area (Å²) in [4.78, 5) is 12.7. The van der Waals surface area contributed by atoms with Gasteiger partial charge in [0.05, 0.1) is 18.2 Å². The second-order valence-electron chi connectivity index (χ2n) is 6.27. The van der Waals surface area contributed by atoms with Crippen molar-refractivity contribution < 1.29 is 35.9 Å². The zero-order valence-corrected chi connectivity index (χ0v) is 17.2.